The molecule has 0 heterocycles. The largest absolute Gasteiger partial charge is 0.494 e. The highest BCUT2D eigenvalue weighted by Crippen LogP contribution is 2.19. The van der Waals surface area contributed by atoms with E-state index in [9.17, 15) is 4.79 Å². The van der Waals surface area contributed by atoms with Crippen molar-refractivity contribution in [2.75, 3.05) is 6.61 Å². The standard InChI is InChI=1S/C19H21ClO3/c1-14(2)15-5-9-17(10-6-15)22-13-3-4-19(21)23-18-11-7-16(20)8-12-18/h5-12,14H,3-4,13H2,1-2H3. The van der Waals surface area contributed by atoms with E-state index >= 15 is 0 Å². The Labute approximate surface area is 142 Å². The highest BCUT2D eigenvalue weighted by atomic mass is 35.5. The van der Waals surface area contributed by atoms with E-state index in [1.54, 1.807) is 24.3 Å². The van der Waals surface area contributed by atoms with Gasteiger partial charge >= 0.3 is 5.97 Å². The molecule has 0 aromatic heterocycles. The Balaban J connectivity index is 1.68. The third-order valence-electron chi connectivity index (χ3n) is 3.39. The summed E-state index contributed by atoms with van der Waals surface area (Å²) in [7, 11) is 0. The minimum atomic E-state index is -0.272. The van der Waals surface area contributed by atoms with Crippen LogP contribution < -0.4 is 9.47 Å². The predicted octanol–water partition coefficient (Wildman–Crippen LogP) is 5.23. The van der Waals surface area contributed by atoms with Crippen molar-refractivity contribution in [2.24, 2.45) is 0 Å². The Morgan fingerprint density at radius 3 is 2.22 bits per heavy atom. The Hall–Kier alpha value is -2.00. The summed E-state index contributed by atoms with van der Waals surface area (Å²) in [4.78, 5) is 11.7. The number of ether oxygens (including phenoxy) is 2. The van der Waals surface area contributed by atoms with Gasteiger partial charge in [-0.1, -0.05) is 37.6 Å². The summed E-state index contributed by atoms with van der Waals surface area (Å²) >= 11 is 5.78. The maximum Gasteiger partial charge on any atom is 0.311 e. The molecule has 2 rings (SSSR count). The summed E-state index contributed by atoms with van der Waals surface area (Å²) in [6.07, 6.45) is 0.922. The molecule has 0 radical (unpaired) electrons. The van der Waals surface area contributed by atoms with Crippen LogP contribution in [0.2, 0.25) is 5.02 Å². The minimum Gasteiger partial charge on any atom is -0.494 e. The van der Waals surface area contributed by atoms with Crippen molar-refractivity contribution < 1.29 is 14.3 Å². The fourth-order valence-corrected chi connectivity index (χ4v) is 2.17. The topological polar surface area (TPSA) is 35.5 Å². The number of halogens is 1. The van der Waals surface area contributed by atoms with Crippen molar-refractivity contribution >= 4 is 17.6 Å². The van der Waals surface area contributed by atoms with E-state index in [0.29, 0.717) is 36.1 Å². The molecule has 0 fully saturated rings. The lowest BCUT2D eigenvalue weighted by Crippen LogP contribution is -2.09. The van der Waals surface area contributed by atoms with Crippen molar-refractivity contribution in [2.45, 2.75) is 32.6 Å². The molecule has 0 aliphatic rings. The highest BCUT2D eigenvalue weighted by molar-refractivity contribution is 6.30. The molecule has 0 unspecified atom stereocenters. The molecule has 0 N–H and O–H groups in total. The molecule has 4 heteroatoms. The van der Waals surface area contributed by atoms with Crippen LogP contribution in [-0.4, -0.2) is 12.6 Å². The Kier molecular flexibility index (Phi) is 6.48. The van der Waals surface area contributed by atoms with Crippen LogP contribution in [0.1, 0.15) is 38.2 Å². The highest BCUT2D eigenvalue weighted by Gasteiger charge is 2.05. The summed E-state index contributed by atoms with van der Waals surface area (Å²) in [5.74, 6) is 1.56. The third-order valence-corrected chi connectivity index (χ3v) is 3.64. The average molecular weight is 333 g/mol. The van der Waals surface area contributed by atoms with Crippen LogP contribution in [0.4, 0.5) is 0 Å². The van der Waals surface area contributed by atoms with Gasteiger partial charge < -0.3 is 9.47 Å². The zero-order chi connectivity index (χ0) is 16.7. The van der Waals surface area contributed by atoms with Gasteiger partial charge in [-0.2, -0.15) is 0 Å². The van der Waals surface area contributed by atoms with Crippen LogP contribution in [0.25, 0.3) is 0 Å². The molecule has 23 heavy (non-hydrogen) atoms. The van der Waals surface area contributed by atoms with Crippen LogP contribution in [0.3, 0.4) is 0 Å². The second kappa shape index (κ2) is 8.59. The molecule has 0 aliphatic carbocycles. The quantitative estimate of drug-likeness (QED) is 0.396. The molecule has 3 nitrogen and oxygen atoms in total. The van der Waals surface area contributed by atoms with Gasteiger partial charge in [0, 0.05) is 11.4 Å². The molecule has 2 aromatic carbocycles. The van der Waals surface area contributed by atoms with Gasteiger partial charge in [-0.25, -0.2) is 0 Å². The molecule has 2 aromatic rings. The van der Waals surface area contributed by atoms with E-state index in [-0.39, 0.29) is 5.97 Å². The molecule has 0 saturated carbocycles. The summed E-state index contributed by atoms with van der Waals surface area (Å²) in [6.45, 7) is 4.79. The number of benzene rings is 2. The van der Waals surface area contributed by atoms with Gasteiger partial charge in [0.25, 0.3) is 0 Å². The smallest absolute Gasteiger partial charge is 0.311 e. The normalized spacial score (nSPS) is 10.6. The zero-order valence-electron chi connectivity index (χ0n) is 13.4. The number of esters is 1. The number of rotatable bonds is 7. The minimum absolute atomic E-state index is 0.272. The molecule has 0 saturated heterocycles. The maximum absolute atomic E-state index is 11.7. The number of carbonyl (C=O) groups is 1. The van der Waals surface area contributed by atoms with E-state index in [1.807, 2.05) is 12.1 Å². The molecule has 0 atom stereocenters. The number of hydrogen-bond donors (Lipinski definition) is 0. The summed E-state index contributed by atoms with van der Waals surface area (Å²) in [6, 6.07) is 14.8. The van der Waals surface area contributed by atoms with Gasteiger partial charge in [-0.15, -0.1) is 0 Å². The van der Waals surface area contributed by atoms with Gasteiger partial charge in [0.15, 0.2) is 0 Å². The summed E-state index contributed by atoms with van der Waals surface area (Å²) in [5.41, 5.74) is 1.28. The molecular formula is C19H21ClO3. The van der Waals surface area contributed by atoms with Crippen LogP contribution in [0.15, 0.2) is 48.5 Å². The first-order valence-electron chi connectivity index (χ1n) is 7.73. The lowest BCUT2D eigenvalue weighted by molar-refractivity contribution is -0.134. The van der Waals surface area contributed by atoms with Crippen LogP contribution in [-0.2, 0) is 4.79 Å². The van der Waals surface area contributed by atoms with Crippen molar-refractivity contribution in [3.05, 3.63) is 59.1 Å². The molecule has 0 aliphatic heterocycles. The van der Waals surface area contributed by atoms with Crippen molar-refractivity contribution in [1.29, 1.82) is 0 Å². The number of carbonyl (C=O) groups excluding carboxylic acids is 1. The Morgan fingerprint density at radius 1 is 1.00 bits per heavy atom. The van der Waals surface area contributed by atoms with Crippen LogP contribution in [0.5, 0.6) is 11.5 Å². The van der Waals surface area contributed by atoms with E-state index in [2.05, 4.69) is 26.0 Å². The van der Waals surface area contributed by atoms with Gasteiger partial charge in [0.1, 0.15) is 11.5 Å². The third kappa shape index (κ3) is 5.95. The SMILES string of the molecule is CC(C)c1ccc(OCCCC(=O)Oc2ccc(Cl)cc2)cc1. The Morgan fingerprint density at radius 2 is 1.61 bits per heavy atom. The van der Waals surface area contributed by atoms with Crippen LogP contribution in [0, 0.1) is 0 Å². The van der Waals surface area contributed by atoms with E-state index in [0.717, 1.165) is 5.75 Å². The van der Waals surface area contributed by atoms with Gasteiger partial charge in [0.2, 0.25) is 0 Å². The molecular weight excluding hydrogens is 312 g/mol. The summed E-state index contributed by atoms with van der Waals surface area (Å²) in [5, 5.41) is 0.613. The fourth-order valence-electron chi connectivity index (χ4n) is 2.04. The van der Waals surface area contributed by atoms with Gasteiger partial charge in [-0.05, 0) is 54.3 Å². The summed E-state index contributed by atoms with van der Waals surface area (Å²) < 4.78 is 10.8. The zero-order valence-corrected chi connectivity index (χ0v) is 14.2. The molecule has 0 spiro atoms. The second-order valence-electron chi connectivity index (χ2n) is 5.60. The lowest BCUT2D eigenvalue weighted by atomic mass is 10.0. The first-order valence-corrected chi connectivity index (χ1v) is 8.11. The fraction of sp³-hybridized carbons (Fsp3) is 0.316. The predicted molar refractivity (Wildman–Crippen MR) is 92.3 cm³/mol. The monoisotopic (exact) mass is 332 g/mol. The Bertz CT molecular complexity index is 618. The van der Waals surface area contributed by atoms with Crippen LogP contribution >= 0.6 is 11.6 Å². The van der Waals surface area contributed by atoms with Crippen molar-refractivity contribution in [3.8, 4) is 11.5 Å². The first kappa shape index (κ1) is 17.4. The van der Waals surface area contributed by atoms with E-state index in [1.165, 1.54) is 5.56 Å². The number of hydrogen-bond acceptors (Lipinski definition) is 3. The van der Waals surface area contributed by atoms with E-state index in [4.69, 9.17) is 21.1 Å². The van der Waals surface area contributed by atoms with E-state index < -0.39 is 0 Å². The van der Waals surface area contributed by atoms with Gasteiger partial charge in [-0.3, -0.25) is 4.79 Å². The maximum atomic E-state index is 11.7. The molecule has 0 amide bonds. The molecule has 122 valence electrons. The lowest BCUT2D eigenvalue weighted by Gasteiger charge is -2.09. The average Bonchev–Trinajstić information content (AvgIpc) is 2.54. The second-order valence-corrected chi connectivity index (χ2v) is 6.04. The van der Waals surface area contributed by atoms with Crippen molar-refractivity contribution in [3.63, 3.8) is 0 Å². The van der Waals surface area contributed by atoms with Crippen molar-refractivity contribution in [1.82, 2.24) is 0 Å². The van der Waals surface area contributed by atoms with Gasteiger partial charge in [0.05, 0.1) is 6.61 Å². The first-order chi connectivity index (χ1) is 11.0. The molecule has 0 bridgehead atoms.